The van der Waals surface area contributed by atoms with Gasteiger partial charge in [-0.25, -0.2) is 9.69 Å². The summed E-state index contributed by atoms with van der Waals surface area (Å²) < 4.78 is 2.10. The van der Waals surface area contributed by atoms with E-state index in [0.29, 0.717) is 12.2 Å². The molecule has 4 amide bonds. The smallest absolute Gasteiger partial charge is 0.335 e. The Kier molecular flexibility index (Phi) is 5.34. The number of carbonyl (C=O) groups is 3. The molecule has 0 aliphatic carbocycles. The first kappa shape index (κ1) is 21.4. The number of nitrogens with one attached hydrogen (secondary N) is 1. The van der Waals surface area contributed by atoms with E-state index in [1.54, 1.807) is 18.2 Å². The van der Waals surface area contributed by atoms with Crippen molar-refractivity contribution in [2.24, 2.45) is 0 Å². The number of urea groups is 1. The van der Waals surface area contributed by atoms with Gasteiger partial charge in [-0.1, -0.05) is 65.7 Å². The third kappa shape index (κ3) is 3.90. The number of nitrogens with zero attached hydrogens (tertiary/aromatic N) is 2. The monoisotopic (exact) mass is 449 g/mol. The fourth-order valence-corrected chi connectivity index (χ4v) is 4.15. The maximum absolute atomic E-state index is 13.3. The molecule has 0 bridgehead atoms. The van der Waals surface area contributed by atoms with E-state index >= 15 is 0 Å². The van der Waals surface area contributed by atoms with E-state index in [2.05, 4.69) is 41.1 Å². The zero-order chi connectivity index (χ0) is 23.8. The van der Waals surface area contributed by atoms with Crippen LogP contribution in [-0.2, 0) is 16.1 Å². The minimum absolute atomic E-state index is 0.0848. The van der Waals surface area contributed by atoms with Crippen molar-refractivity contribution in [3.63, 3.8) is 0 Å². The van der Waals surface area contributed by atoms with Crippen LogP contribution in [0.1, 0.15) is 22.3 Å². The molecule has 0 atom stereocenters. The number of aromatic nitrogens is 1. The number of para-hydroxylation sites is 1. The standard InChI is InChI=1S/C28H23N3O3/c1-18-7-11-20(12-8-18)16-30-17-21(23-5-3-4-6-25(23)30)15-24-26(32)29-28(34)31(27(24)33)22-13-9-19(2)10-14-22/h3-15,17H,16H2,1-2H3,(H,29,32,34)/b24-15-. The quantitative estimate of drug-likeness (QED) is 0.353. The van der Waals surface area contributed by atoms with E-state index in [4.69, 9.17) is 0 Å². The van der Waals surface area contributed by atoms with Gasteiger partial charge in [0.15, 0.2) is 0 Å². The molecule has 1 aliphatic heterocycles. The van der Waals surface area contributed by atoms with Crippen molar-refractivity contribution in [3.05, 3.63) is 107 Å². The molecule has 34 heavy (non-hydrogen) atoms. The summed E-state index contributed by atoms with van der Waals surface area (Å²) in [4.78, 5) is 39.4. The number of aryl methyl sites for hydroxylation is 2. The molecule has 4 aromatic rings. The molecule has 6 heteroatoms. The molecule has 1 aliphatic rings. The summed E-state index contributed by atoms with van der Waals surface area (Å²) in [6.45, 7) is 4.62. The highest BCUT2D eigenvalue weighted by Gasteiger charge is 2.37. The number of hydrogen-bond acceptors (Lipinski definition) is 3. The van der Waals surface area contributed by atoms with Crippen molar-refractivity contribution in [3.8, 4) is 0 Å². The average molecular weight is 450 g/mol. The SMILES string of the molecule is Cc1ccc(Cn2cc(/C=C3/C(=O)NC(=O)N(c4ccc(C)cc4)C3=O)c3ccccc32)cc1. The number of rotatable bonds is 4. The summed E-state index contributed by atoms with van der Waals surface area (Å²) in [6.07, 6.45) is 3.50. The second-order valence-electron chi connectivity index (χ2n) is 8.51. The van der Waals surface area contributed by atoms with Gasteiger partial charge in [0.05, 0.1) is 5.69 Å². The molecule has 1 fully saturated rings. The normalized spacial score (nSPS) is 15.3. The summed E-state index contributed by atoms with van der Waals surface area (Å²) in [7, 11) is 0. The highest BCUT2D eigenvalue weighted by Crippen LogP contribution is 2.27. The van der Waals surface area contributed by atoms with Gasteiger partial charge in [-0.15, -0.1) is 0 Å². The molecular formula is C28H23N3O3. The van der Waals surface area contributed by atoms with Crippen LogP contribution in [-0.4, -0.2) is 22.4 Å². The maximum atomic E-state index is 13.3. The molecule has 5 rings (SSSR count). The van der Waals surface area contributed by atoms with Gasteiger partial charge in [-0.3, -0.25) is 14.9 Å². The van der Waals surface area contributed by atoms with Crippen molar-refractivity contribution < 1.29 is 14.4 Å². The summed E-state index contributed by atoms with van der Waals surface area (Å²) in [5.41, 5.74) is 5.40. The van der Waals surface area contributed by atoms with Crippen LogP contribution in [0.25, 0.3) is 17.0 Å². The predicted octanol–water partition coefficient (Wildman–Crippen LogP) is 4.97. The Morgan fingerprint density at radius 3 is 2.18 bits per heavy atom. The zero-order valence-electron chi connectivity index (χ0n) is 18.9. The van der Waals surface area contributed by atoms with E-state index in [1.807, 2.05) is 49.5 Å². The van der Waals surface area contributed by atoms with Crippen LogP contribution in [0.5, 0.6) is 0 Å². The Bertz CT molecular complexity index is 1460. The zero-order valence-corrected chi connectivity index (χ0v) is 18.9. The first-order valence-corrected chi connectivity index (χ1v) is 11.0. The van der Waals surface area contributed by atoms with Crippen LogP contribution in [0.15, 0.2) is 84.6 Å². The van der Waals surface area contributed by atoms with E-state index in [9.17, 15) is 14.4 Å². The Hall–Kier alpha value is -4.45. The van der Waals surface area contributed by atoms with Crippen molar-refractivity contribution in [2.75, 3.05) is 4.90 Å². The Morgan fingerprint density at radius 1 is 0.824 bits per heavy atom. The summed E-state index contributed by atoms with van der Waals surface area (Å²) in [6, 6.07) is 22.4. The van der Waals surface area contributed by atoms with E-state index in [1.165, 1.54) is 5.56 Å². The van der Waals surface area contributed by atoms with Crippen molar-refractivity contribution in [1.82, 2.24) is 9.88 Å². The van der Waals surface area contributed by atoms with Crippen molar-refractivity contribution >= 4 is 40.5 Å². The van der Waals surface area contributed by atoms with Crippen LogP contribution in [0, 0.1) is 13.8 Å². The lowest BCUT2D eigenvalue weighted by atomic mass is 10.1. The molecule has 6 nitrogen and oxygen atoms in total. The highest BCUT2D eigenvalue weighted by molar-refractivity contribution is 6.39. The number of carbonyl (C=O) groups excluding carboxylic acids is 3. The van der Waals surface area contributed by atoms with E-state index in [-0.39, 0.29) is 5.57 Å². The molecule has 3 aromatic carbocycles. The number of benzene rings is 3. The van der Waals surface area contributed by atoms with Crippen LogP contribution < -0.4 is 10.2 Å². The molecule has 0 unspecified atom stereocenters. The molecule has 0 saturated carbocycles. The number of fused-ring (bicyclic) bond motifs is 1. The first-order valence-electron chi connectivity index (χ1n) is 11.0. The second kappa shape index (κ2) is 8.48. The molecule has 1 aromatic heterocycles. The van der Waals surface area contributed by atoms with Gasteiger partial charge in [-0.2, -0.15) is 0 Å². The van der Waals surface area contributed by atoms with Crippen LogP contribution in [0.2, 0.25) is 0 Å². The van der Waals surface area contributed by atoms with E-state index in [0.717, 1.165) is 32.5 Å². The number of barbiturate groups is 1. The molecular weight excluding hydrogens is 426 g/mol. The topological polar surface area (TPSA) is 71.4 Å². The Morgan fingerprint density at radius 2 is 1.47 bits per heavy atom. The third-order valence-corrected chi connectivity index (χ3v) is 5.99. The van der Waals surface area contributed by atoms with Crippen LogP contribution in [0.3, 0.4) is 0 Å². The summed E-state index contributed by atoms with van der Waals surface area (Å²) in [5.74, 6) is -1.35. The lowest BCUT2D eigenvalue weighted by molar-refractivity contribution is -0.122. The second-order valence-corrected chi connectivity index (χ2v) is 8.51. The summed E-state index contributed by atoms with van der Waals surface area (Å²) >= 11 is 0. The summed E-state index contributed by atoms with van der Waals surface area (Å²) in [5, 5.41) is 3.21. The minimum Gasteiger partial charge on any atom is -0.342 e. The van der Waals surface area contributed by atoms with Crippen molar-refractivity contribution in [1.29, 1.82) is 0 Å². The van der Waals surface area contributed by atoms with Crippen LogP contribution >= 0.6 is 0 Å². The molecule has 0 spiro atoms. The van der Waals surface area contributed by atoms with Gasteiger partial charge in [0.2, 0.25) is 0 Å². The highest BCUT2D eigenvalue weighted by atomic mass is 16.2. The van der Waals surface area contributed by atoms with Crippen LogP contribution in [0.4, 0.5) is 10.5 Å². The van der Waals surface area contributed by atoms with Gasteiger partial charge in [0, 0.05) is 29.2 Å². The number of amides is 4. The molecule has 1 N–H and O–H groups in total. The van der Waals surface area contributed by atoms with Gasteiger partial charge in [0.25, 0.3) is 11.8 Å². The van der Waals surface area contributed by atoms with E-state index < -0.39 is 17.8 Å². The van der Waals surface area contributed by atoms with Gasteiger partial charge in [0.1, 0.15) is 5.57 Å². The Labute approximate surface area is 197 Å². The minimum atomic E-state index is -0.752. The predicted molar refractivity (Wildman–Crippen MR) is 132 cm³/mol. The lowest BCUT2D eigenvalue weighted by Crippen LogP contribution is -2.54. The fraction of sp³-hybridized carbons (Fsp3) is 0.107. The fourth-order valence-electron chi connectivity index (χ4n) is 4.15. The number of anilines is 1. The first-order chi connectivity index (χ1) is 16.4. The van der Waals surface area contributed by atoms with Gasteiger partial charge >= 0.3 is 6.03 Å². The molecule has 2 heterocycles. The van der Waals surface area contributed by atoms with Gasteiger partial charge < -0.3 is 4.57 Å². The molecule has 1 saturated heterocycles. The molecule has 168 valence electrons. The largest absolute Gasteiger partial charge is 0.342 e. The maximum Gasteiger partial charge on any atom is 0.335 e. The Balaban J connectivity index is 1.56. The third-order valence-electron chi connectivity index (χ3n) is 5.99. The average Bonchev–Trinajstić information content (AvgIpc) is 3.16. The number of imide groups is 2. The molecule has 0 radical (unpaired) electrons. The number of hydrogen-bond donors (Lipinski definition) is 1. The van der Waals surface area contributed by atoms with Gasteiger partial charge in [-0.05, 0) is 43.7 Å². The lowest BCUT2D eigenvalue weighted by Gasteiger charge is -2.26. The van der Waals surface area contributed by atoms with Crippen molar-refractivity contribution in [2.45, 2.75) is 20.4 Å².